The molecule has 0 aromatic carbocycles. The molecule has 0 saturated carbocycles. The molecule has 0 radical (unpaired) electrons. The summed E-state index contributed by atoms with van der Waals surface area (Å²) in [4.78, 5) is 32.0. The molecule has 0 bridgehead atoms. The third kappa shape index (κ3) is 4.61. The molecule has 9 nitrogen and oxygen atoms in total. The van der Waals surface area contributed by atoms with Gasteiger partial charge in [0.2, 0.25) is 11.8 Å². The second-order valence-corrected chi connectivity index (χ2v) is 5.96. The Labute approximate surface area is 146 Å². The van der Waals surface area contributed by atoms with Crippen molar-refractivity contribution in [1.29, 1.82) is 0 Å². The van der Waals surface area contributed by atoms with Gasteiger partial charge in [-0.2, -0.15) is 5.10 Å². The van der Waals surface area contributed by atoms with E-state index in [1.165, 1.54) is 19.3 Å². The predicted octanol–water partition coefficient (Wildman–Crippen LogP) is 1.94. The predicted molar refractivity (Wildman–Crippen MR) is 95.4 cm³/mol. The van der Waals surface area contributed by atoms with E-state index in [9.17, 15) is 9.59 Å². The zero-order valence-corrected chi connectivity index (χ0v) is 14.1. The van der Waals surface area contributed by atoms with E-state index in [1.54, 1.807) is 17.4 Å². The summed E-state index contributed by atoms with van der Waals surface area (Å²) in [5, 5.41) is 17.0. The van der Waals surface area contributed by atoms with Crippen molar-refractivity contribution in [2.24, 2.45) is 0 Å². The molecule has 0 spiro atoms. The maximum absolute atomic E-state index is 12.0. The van der Waals surface area contributed by atoms with E-state index < -0.39 is 0 Å². The van der Waals surface area contributed by atoms with Crippen LogP contribution in [0.15, 0.2) is 36.0 Å². The monoisotopic (exact) mass is 357 g/mol. The topological polar surface area (TPSA) is 125 Å². The molecule has 0 unspecified atom stereocenters. The Morgan fingerprint density at radius 2 is 2.00 bits per heavy atom. The van der Waals surface area contributed by atoms with Crippen molar-refractivity contribution < 1.29 is 9.59 Å². The van der Waals surface area contributed by atoms with Crippen molar-refractivity contribution in [2.45, 2.75) is 6.92 Å². The van der Waals surface area contributed by atoms with E-state index >= 15 is 0 Å². The first-order chi connectivity index (χ1) is 12.1. The van der Waals surface area contributed by atoms with Crippen LogP contribution in [-0.2, 0) is 9.59 Å². The van der Waals surface area contributed by atoms with E-state index in [2.05, 4.69) is 36.1 Å². The Morgan fingerprint density at radius 1 is 1.16 bits per heavy atom. The zero-order chi connectivity index (χ0) is 17.6. The molecule has 0 aliphatic heterocycles. The van der Waals surface area contributed by atoms with Crippen molar-refractivity contribution in [3.63, 3.8) is 0 Å². The van der Waals surface area contributed by atoms with Gasteiger partial charge in [-0.1, -0.05) is 6.07 Å². The van der Waals surface area contributed by atoms with Gasteiger partial charge in [0.05, 0.1) is 17.1 Å². The van der Waals surface area contributed by atoms with Crippen LogP contribution in [0.3, 0.4) is 0 Å². The summed E-state index contributed by atoms with van der Waals surface area (Å²) in [6.07, 6.45) is 1.30. The van der Waals surface area contributed by atoms with Crippen molar-refractivity contribution >= 4 is 40.6 Å². The smallest absolute Gasteiger partial charge is 0.244 e. The number of carbonyl (C=O) groups is 2. The third-order valence-corrected chi connectivity index (χ3v) is 3.94. The Balaban J connectivity index is 1.54. The van der Waals surface area contributed by atoms with Crippen LogP contribution in [0.2, 0.25) is 0 Å². The van der Waals surface area contributed by atoms with Crippen molar-refractivity contribution in [3.05, 3.63) is 36.0 Å². The molecule has 10 heteroatoms. The molecule has 3 aromatic heterocycles. The van der Waals surface area contributed by atoms with Gasteiger partial charge in [-0.3, -0.25) is 14.7 Å². The summed E-state index contributed by atoms with van der Waals surface area (Å²) < 4.78 is 0. The fourth-order valence-corrected chi connectivity index (χ4v) is 2.70. The largest absolute Gasteiger partial charge is 0.361 e. The van der Waals surface area contributed by atoms with Crippen LogP contribution in [0.25, 0.3) is 10.6 Å². The summed E-state index contributed by atoms with van der Waals surface area (Å²) in [6, 6.07) is 7.22. The van der Waals surface area contributed by atoms with Gasteiger partial charge in [-0.05, 0) is 11.4 Å². The lowest BCUT2D eigenvalue weighted by Gasteiger charge is -2.06. The van der Waals surface area contributed by atoms with Crippen LogP contribution in [0.5, 0.6) is 0 Å². The van der Waals surface area contributed by atoms with E-state index in [0.717, 1.165) is 10.6 Å². The zero-order valence-electron chi connectivity index (χ0n) is 13.2. The van der Waals surface area contributed by atoms with Gasteiger partial charge < -0.3 is 16.0 Å². The van der Waals surface area contributed by atoms with Crippen LogP contribution in [-0.4, -0.2) is 38.5 Å². The van der Waals surface area contributed by atoms with Crippen LogP contribution >= 0.6 is 11.3 Å². The van der Waals surface area contributed by atoms with E-state index in [-0.39, 0.29) is 18.4 Å². The average molecular weight is 357 g/mol. The Hall–Kier alpha value is -3.27. The fraction of sp³-hybridized carbons (Fsp3) is 0.133. The average Bonchev–Trinajstić information content (AvgIpc) is 3.24. The first kappa shape index (κ1) is 16.6. The number of aromatic nitrogens is 4. The fourth-order valence-electron chi connectivity index (χ4n) is 2.00. The van der Waals surface area contributed by atoms with Gasteiger partial charge >= 0.3 is 0 Å². The molecular formula is C15H15N7O2S. The highest BCUT2D eigenvalue weighted by Crippen LogP contribution is 2.24. The second-order valence-electron chi connectivity index (χ2n) is 5.02. The number of rotatable bonds is 6. The van der Waals surface area contributed by atoms with E-state index in [4.69, 9.17) is 0 Å². The van der Waals surface area contributed by atoms with Crippen LogP contribution < -0.4 is 16.0 Å². The van der Waals surface area contributed by atoms with Crippen LogP contribution in [0.1, 0.15) is 6.92 Å². The summed E-state index contributed by atoms with van der Waals surface area (Å²) in [5.41, 5.74) is 0.842. The highest BCUT2D eigenvalue weighted by molar-refractivity contribution is 7.13. The van der Waals surface area contributed by atoms with Gasteiger partial charge in [0, 0.05) is 19.1 Å². The molecule has 128 valence electrons. The molecule has 3 rings (SSSR count). The molecule has 4 N–H and O–H groups in total. The number of amides is 2. The minimum Gasteiger partial charge on any atom is -0.361 e. The molecule has 3 heterocycles. The Morgan fingerprint density at radius 3 is 2.76 bits per heavy atom. The lowest BCUT2D eigenvalue weighted by atomic mass is 10.3. The number of thiophene rings is 1. The minimum atomic E-state index is -0.274. The molecule has 0 aliphatic rings. The highest BCUT2D eigenvalue weighted by Gasteiger charge is 2.08. The minimum absolute atomic E-state index is 0.00226. The Kier molecular flexibility index (Phi) is 5.00. The van der Waals surface area contributed by atoms with E-state index in [0.29, 0.717) is 17.5 Å². The standard InChI is InChI=1S/C15H15N7O2S/c1-9(23)19-13-6-12(17-8-18-13)16-7-15(24)20-14-5-10(21-22-14)11-3-2-4-25-11/h2-6,8H,7H2,1H3,(H2,20,21,22,24)(H2,16,17,18,19,23). The first-order valence-electron chi connectivity index (χ1n) is 7.33. The Bertz CT molecular complexity index is 876. The number of aromatic amines is 1. The number of nitrogens with one attached hydrogen (secondary N) is 4. The molecule has 0 saturated heterocycles. The van der Waals surface area contributed by atoms with E-state index in [1.807, 2.05) is 17.5 Å². The summed E-state index contributed by atoms with van der Waals surface area (Å²) in [5.74, 6) is 0.719. The highest BCUT2D eigenvalue weighted by atomic mass is 32.1. The van der Waals surface area contributed by atoms with Gasteiger partial charge in [0.15, 0.2) is 5.82 Å². The summed E-state index contributed by atoms with van der Waals surface area (Å²) >= 11 is 1.58. The van der Waals surface area contributed by atoms with Gasteiger partial charge in [-0.15, -0.1) is 11.3 Å². The number of hydrogen-bond acceptors (Lipinski definition) is 7. The van der Waals surface area contributed by atoms with Crippen LogP contribution in [0.4, 0.5) is 17.5 Å². The quantitative estimate of drug-likeness (QED) is 0.534. The summed E-state index contributed by atoms with van der Waals surface area (Å²) in [7, 11) is 0. The second kappa shape index (κ2) is 7.53. The van der Waals surface area contributed by atoms with Gasteiger partial charge in [0.1, 0.15) is 18.0 Å². The lowest BCUT2D eigenvalue weighted by molar-refractivity contribution is -0.115. The molecule has 25 heavy (non-hydrogen) atoms. The molecule has 0 aliphatic carbocycles. The number of anilines is 3. The lowest BCUT2D eigenvalue weighted by Crippen LogP contribution is -2.22. The normalized spacial score (nSPS) is 10.3. The molecule has 2 amide bonds. The van der Waals surface area contributed by atoms with Gasteiger partial charge in [-0.25, -0.2) is 9.97 Å². The van der Waals surface area contributed by atoms with Crippen molar-refractivity contribution in [2.75, 3.05) is 22.5 Å². The first-order valence-corrected chi connectivity index (χ1v) is 8.21. The van der Waals surface area contributed by atoms with Crippen molar-refractivity contribution in [1.82, 2.24) is 20.2 Å². The van der Waals surface area contributed by atoms with Gasteiger partial charge in [0.25, 0.3) is 0 Å². The van der Waals surface area contributed by atoms with Crippen molar-refractivity contribution in [3.8, 4) is 10.6 Å². The third-order valence-electron chi connectivity index (χ3n) is 3.03. The number of H-pyrrole nitrogens is 1. The summed E-state index contributed by atoms with van der Waals surface area (Å²) in [6.45, 7) is 1.38. The molecule has 0 atom stereocenters. The number of nitrogens with zero attached hydrogens (tertiary/aromatic N) is 3. The maximum atomic E-state index is 12.0. The SMILES string of the molecule is CC(=O)Nc1cc(NCC(=O)Nc2cc(-c3cccs3)[nH]n2)ncn1. The molecule has 3 aromatic rings. The van der Waals surface area contributed by atoms with Crippen LogP contribution in [0, 0.1) is 0 Å². The molecule has 0 fully saturated rings. The molecular weight excluding hydrogens is 342 g/mol. The number of carbonyl (C=O) groups excluding carboxylic acids is 2. The number of hydrogen-bond donors (Lipinski definition) is 4. The maximum Gasteiger partial charge on any atom is 0.244 e.